The smallest absolute Gasteiger partial charge is 0.0430 e. The van der Waals surface area contributed by atoms with Gasteiger partial charge in [0.15, 0.2) is 0 Å². The minimum atomic E-state index is 1.07. The van der Waals surface area contributed by atoms with E-state index in [2.05, 4.69) is 56.0 Å². The molecule has 0 aliphatic rings. The predicted octanol–water partition coefficient (Wildman–Crippen LogP) is 5.82. The fraction of sp³-hybridized carbons (Fsp3) is 0.111. The number of hydrogen-bond donors (Lipinski definition) is 0. The molecule has 0 nitrogen and oxygen atoms in total. The largest absolute Gasteiger partial charge is 0.139 e. The Labute approximate surface area is 117 Å². The lowest BCUT2D eigenvalue weighted by molar-refractivity contribution is 1.18. The van der Waals surface area contributed by atoms with Crippen LogP contribution in [-0.4, -0.2) is 0 Å². The zero-order valence-corrected chi connectivity index (χ0v) is 11.8. The molecule has 0 saturated heterocycles. The highest BCUT2D eigenvalue weighted by atomic mass is 32.1. The van der Waals surface area contributed by atoms with Gasteiger partial charge < -0.3 is 0 Å². The van der Waals surface area contributed by atoms with E-state index in [1.165, 1.54) is 31.3 Å². The first-order valence-electron chi connectivity index (χ1n) is 6.57. The number of benzene rings is 2. The van der Waals surface area contributed by atoms with Crippen molar-refractivity contribution in [2.24, 2.45) is 0 Å². The lowest BCUT2D eigenvalue weighted by atomic mass is 10.0. The van der Waals surface area contributed by atoms with Gasteiger partial charge in [0.05, 0.1) is 0 Å². The van der Waals surface area contributed by atoms with Crippen LogP contribution in [0.5, 0.6) is 0 Å². The van der Waals surface area contributed by atoms with E-state index in [1.807, 2.05) is 23.5 Å². The first kappa shape index (κ1) is 12.2. The maximum absolute atomic E-state index is 3.76. The van der Waals surface area contributed by atoms with Crippen LogP contribution in [-0.2, 0) is 6.42 Å². The minimum absolute atomic E-state index is 1.07. The van der Waals surface area contributed by atoms with E-state index in [9.17, 15) is 0 Å². The molecule has 3 rings (SSSR count). The zero-order valence-electron chi connectivity index (χ0n) is 11.0. The van der Waals surface area contributed by atoms with Gasteiger partial charge in [-0.25, -0.2) is 0 Å². The third-order valence-corrected chi connectivity index (χ3v) is 4.81. The van der Waals surface area contributed by atoms with Crippen LogP contribution in [0.1, 0.15) is 17.4 Å². The Kier molecular flexibility index (Phi) is 3.22. The fourth-order valence-electron chi connectivity index (χ4n) is 2.50. The summed E-state index contributed by atoms with van der Waals surface area (Å²) in [7, 11) is 0. The summed E-state index contributed by atoms with van der Waals surface area (Å²) in [6.45, 7) is 5.98. The molecule has 1 aromatic heterocycles. The minimum Gasteiger partial charge on any atom is -0.139 e. The van der Waals surface area contributed by atoms with Crippen LogP contribution in [0.2, 0.25) is 0 Å². The van der Waals surface area contributed by atoms with Gasteiger partial charge in [0.25, 0.3) is 0 Å². The van der Waals surface area contributed by atoms with E-state index in [1.54, 1.807) is 0 Å². The monoisotopic (exact) mass is 264 g/mol. The fourth-order valence-corrected chi connectivity index (χ4v) is 3.77. The van der Waals surface area contributed by atoms with Crippen LogP contribution < -0.4 is 0 Å². The molecule has 0 aliphatic carbocycles. The summed E-state index contributed by atoms with van der Waals surface area (Å²) >= 11 is 1.92. The molecule has 0 aliphatic heterocycles. The highest BCUT2D eigenvalue weighted by Gasteiger charge is 2.10. The molecule has 0 saturated carbocycles. The number of aryl methyl sites for hydroxylation is 1. The van der Waals surface area contributed by atoms with Gasteiger partial charge in [0.1, 0.15) is 0 Å². The summed E-state index contributed by atoms with van der Waals surface area (Å²) in [6, 6.07) is 13.1. The Bertz CT molecular complexity index is 775. The van der Waals surface area contributed by atoms with Crippen molar-refractivity contribution in [2.45, 2.75) is 13.3 Å². The number of thiophene rings is 1. The van der Waals surface area contributed by atoms with E-state index in [0.29, 0.717) is 0 Å². The molecule has 0 fully saturated rings. The van der Waals surface area contributed by atoms with Crippen molar-refractivity contribution in [3.63, 3.8) is 0 Å². The van der Waals surface area contributed by atoms with Crippen LogP contribution in [0.25, 0.3) is 26.9 Å². The van der Waals surface area contributed by atoms with Crippen molar-refractivity contribution >= 4 is 38.3 Å². The normalized spacial score (nSPS) is 11.6. The summed E-state index contributed by atoms with van der Waals surface area (Å²) in [5.41, 5.74) is 1.35. The van der Waals surface area contributed by atoms with Crippen molar-refractivity contribution in [2.75, 3.05) is 0 Å². The zero-order chi connectivity index (χ0) is 13.2. The second-order valence-corrected chi connectivity index (χ2v) is 5.66. The third-order valence-electron chi connectivity index (χ3n) is 3.42. The summed E-state index contributed by atoms with van der Waals surface area (Å²) in [4.78, 5) is 1.45. The van der Waals surface area contributed by atoms with Gasteiger partial charge in [-0.05, 0) is 22.8 Å². The number of hydrogen-bond acceptors (Lipinski definition) is 1. The quantitative estimate of drug-likeness (QED) is 0.523. The van der Waals surface area contributed by atoms with Crippen LogP contribution in [0.3, 0.4) is 0 Å². The molecule has 0 spiro atoms. The predicted molar refractivity (Wildman–Crippen MR) is 87.9 cm³/mol. The molecule has 0 radical (unpaired) electrons. The second-order valence-electron chi connectivity index (χ2n) is 4.55. The lowest BCUT2D eigenvalue weighted by Gasteiger charge is -1.99. The first-order valence-corrected chi connectivity index (χ1v) is 7.39. The molecule has 19 heavy (non-hydrogen) atoms. The van der Waals surface area contributed by atoms with Crippen LogP contribution in [0.15, 0.2) is 55.1 Å². The summed E-state index contributed by atoms with van der Waals surface area (Å²) in [5, 5.41) is 4.04. The van der Waals surface area contributed by atoms with Crippen LogP contribution >= 0.6 is 11.3 Å². The van der Waals surface area contributed by atoms with Gasteiger partial charge >= 0.3 is 0 Å². The molecule has 2 aromatic carbocycles. The van der Waals surface area contributed by atoms with E-state index in [4.69, 9.17) is 0 Å². The molecule has 94 valence electrons. The average molecular weight is 264 g/mol. The molecule has 1 heteroatoms. The molecule has 0 bridgehead atoms. The highest BCUT2D eigenvalue weighted by molar-refractivity contribution is 7.20. The Morgan fingerprint density at radius 1 is 1.11 bits per heavy atom. The van der Waals surface area contributed by atoms with Crippen LogP contribution in [0.4, 0.5) is 0 Å². The molecule has 1 heterocycles. The highest BCUT2D eigenvalue weighted by Crippen LogP contribution is 2.37. The van der Waals surface area contributed by atoms with Gasteiger partial charge in [0, 0.05) is 15.0 Å². The molecule has 0 unspecified atom stereocenters. The Hall–Kier alpha value is -1.86. The third kappa shape index (κ3) is 2.00. The summed E-state index contributed by atoms with van der Waals surface area (Å²) < 4.78 is 1.40. The van der Waals surface area contributed by atoms with Gasteiger partial charge in [-0.15, -0.1) is 11.3 Å². The van der Waals surface area contributed by atoms with E-state index < -0.39 is 0 Å². The SMILES string of the molecule is C=C/C=C\c1c(CC)sc2c1ccc1ccccc12. The van der Waals surface area contributed by atoms with Gasteiger partial charge in [0.2, 0.25) is 0 Å². The maximum atomic E-state index is 3.76. The molecule has 0 atom stereocenters. The van der Waals surface area contributed by atoms with Crippen molar-refractivity contribution in [1.82, 2.24) is 0 Å². The topological polar surface area (TPSA) is 0 Å². The van der Waals surface area contributed by atoms with Gasteiger partial charge in [-0.3, -0.25) is 0 Å². The molecule has 3 aromatic rings. The molecule has 0 amide bonds. The lowest BCUT2D eigenvalue weighted by Crippen LogP contribution is -1.77. The van der Waals surface area contributed by atoms with Crippen molar-refractivity contribution in [3.8, 4) is 0 Å². The Balaban J connectivity index is 2.39. The van der Waals surface area contributed by atoms with Gasteiger partial charge in [-0.2, -0.15) is 0 Å². The van der Waals surface area contributed by atoms with E-state index in [0.717, 1.165) is 6.42 Å². The number of allylic oxidation sites excluding steroid dienone is 2. The van der Waals surface area contributed by atoms with Crippen LogP contribution in [0, 0.1) is 0 Å². The Morgan fingerprint density at radius 3 is 2.74 bits per heavy atom. The average Bonchev–Trinajstić information content (AvgIpc) is 2.83. The standard InChI is InChI=1S/C18H16S/c1-3-5-9-15-16-12-11-13-8-6-7-10-14(13)18(16)19-17(15)4-2/h3,5-12H,1,4H2,2H3/b9-5-. The van der Waals surface area contributed by atoms with Crippen molar-refractivity contribution in [3.05, 3.63) is 65.6 Å². The maximum Gasteiger partial charge on any atom is 0.0430 e. The summed E-state index contributed by atoms with van der Waals surface area (Å²) in [5.74, 6) is 0. The van der Waals surface area contributed by atoms with E-state index in [-0.39, 0.29) is 0 Å². The molecular formula is C18H16S. The van der Waals surface area contributed by atoms with Crippen molar-refractivity contribution < 1.29 is 0 Å². The number of rotatable bonds is 3. The number of fused-ring (bicyclic) bond motifs is 3. The second kappa shape index (κ2) is 5.02. The Morgan fingerprint density at radius 2 is 1.95 bits per heavy atom. The summed E-state index contributed by atoms with van der Waals surface area (Å²) in [6.07, 6.45) is 7.11. The van der Waals surface area contributed by atoms with E-state index >= 15 is 0 Å². The molecular weight excluding hydrogens is 248 g/mol. The molecule has 0 N–H and O–H groups in total. The van der Waals surface area contributed by atoms with Crippen molar-refractivity contribution in [1.29, 1.82) is 0 Å². The van der Waals surface area contributed by atoms with Gasteiger partial charge in [-0.1, -0.05) is 68.1 Å². The first-order chi connectivity index (χ1) is 9.35.